The molecule has 0 aliphatic rings. The van der Waals surface area contributed by atoms with Crippen molar-refractivity contribution < 1.29 is 4.79 Å². The smallest absolute Gasteiger partial charge is 0.252 e. The lowest BCUT2D eigenvalue weighted by Crippen LogP contribution is -2.26. The second-order valence-electron chi connectivity index (χ2n) is 4.98. The van der Waals surface area contributed by atoms with Gasteiger partial charge in [-0.3, -0.25) is 9.78 Å². The number of pyridine rings is 1. The average molecular weight is 276 g/mol. The Kier molecular flexibility index (Phi) is 3.65. The van der Waals surface area contributed by atoms with Crippen LogP contribution in [-0.2, 0) is 0 Å². The van der Waals surface area contributed by atoms with Crippen LogP contribution in [0.2, 0.25) is 0 Å². The minimum Gasteiger partial charge on any atom is -0.345 e. The van der Waals surface area contributed by atoms with E-state index in [4.69, 9.17) is 0 Å². The van der Waals surface area contributed by atoms with Gasteiger partial charge in [-0.2, -0.15) is 0 Å². The molecule has 1 aromatic heterocycles. The number of fused-ring (bicyclic) bond motifs is 1. The van der Waals surface area contributed by atoms with Crippen molar-refractivity contribution in [2.24, 2.45) is 0 Å². The summed E-state index contributed by atoms with van der Waals surface area (Å²) in [6.07, 6.45) is 1.67. The molecule has 0 saturated heterocycles. The van der Waals surface area contributed by atoms with Crippen LogP contribution in [0, 0.1) is 0 Å². The van der Waals surface area contributed by atoms with Gasteiger partial charge in [0.15, 0.2) is 0 Å². The van der Waals surface area contributed by atoms with Crippen molar-refractivity contribution in [3.8, 4) is 0 Å². The molecular formula is C18H16N2O. The molecule has 1 unspecified atom stereocenters. The Morgan fingerprint density at radius 3 is 2.52 bits per heavy atom. The number of carbonyl (C=O) groups is 1. The summed E-state index contributed by atoms with van der Waals surface area (Å²) in [5.74, 6) is -0.0787. The molecule has 1 N–H and O–H groups in total. The van der Waals surface area contributed by atoms with Crippen LogP contribution in [0.3, 0.4) is 0 Å². The summed E-state index contributed by atoms with van der Waals surface area (Å²) in [7, 11) is 0. The highest BCUT2D eigenvalue weighted by molar-refractivity contribution is 6.06. The molecule has 1 heterocycles. The second-order valence-corrected chi connectivity index (χ2v) is 4.98. The number of hydrogen-bond acceptors (Lipinski definition) is 2. The number of nitrogens with one attached hydrogen (secondary N) is 1. The molecule has 104 valence electrons. The van der Waals surface area contributed by atoms with E-state index >= 15 is 0 Å². The molecule has 0 spiro atoms. The van der Waals surface area contributed by atoms with E-state index in [0.29, 0.717) is 5.56 Å². The normalized spacial score (nSPS) is 12.0. The molecule has 3 heteroatoms. The van der Waals surface area contributed by atoms with Crippen LogP contribution in [0.15, 0.2) is 66.9 Å². The molecule has 1 amide bonds. The predicted octanol–water partition coefficient (Wildman–Crippen LogP) is 3.73. The number of aromatic nitrogens is 1. The van der Waals surface area contributed by atoms with Crippen LogP contribution in [0.5, 0.6) is 0 Å². The highest BCUT2D eigenvalue weighted by atomic mass is 16.1. The number of para-hydroxylation sites is 1. The van der Waals surface area contributed by atoms with E-state index in [1.807, 2.05) is 61.5 Å². The highest BCUT2D eigenvalue weighted by Crippen LogP contribution is 2.18. The average Bonchev–Trinajstić information content (AvgIpc) is 2.55. The summed E-state index contributed by atoms with van der Waals surface area (Å²) in [5.41, 5.74) is 2.57. The minimum atomic E-state index is -0.0787. The molecule has 3 nitrogen and oxygen atoms in total. The summed E-state index contributed by atoms with van der Waals surface area (Å²) >= 11 is 0. The lowest BCUT2D eigenvalue weighted by molar-refractivity contribution is 0.0941. The summed E-state index contributed by atoms with van der Waals surface area (Å²) in [5, 5.41) is 3.91. The van der Waals surface area contributed by atoms with Crippen molar-refractivity contribution in [3.05, 3.63) is 78.0 Å². The third kappa shape index (κ3) is 2.77. The van der Waals surface area contributed by atoms with E-state index in [2.05, 4.69) is 10.3 Å². The van der Waals surface area contributed by atoms with Gasteiger partial charge in [-0.15, -0.1) is 0 Å². The predicted molar refractivity (Wildman–Crippen MR) is 84.1 cm³/mol. The number of benzene rings is 2. The van der Waals surface area contributed by atoms with E-state index in [0.717, 1.165) is 16.5 Å². The van der Waals surface area contributed by atoms with E-state index in [1.54, 1.807) is 12.3 Å². The van der Waals surface area contributed by atoms with Crippen molar-refractivity contribution in [1.82, 2.24) is 10.3 Å². The van der Waals surface area contributed by atoms with Crippen molar-refractivity contribution in [3.63, 3.8) is 0 Å². The standard InChI is InChI=1S/C18H16N2O/c1-13(14-7-3-2-4-8-14)20-18(21)16-11-12-19-17-10-6-5-9-15(16)17/h2-13H,1H3,(H,20,21). The van der Waals surface area contributed by atoms with Crippen LogP contribution in [-0.4, -0.2) is 10.9 Å². The quantitative estimate of drug-likeness (QED) is 0.792. The topological polar surface area (TPSA) is 42.0 Å². The van der Waals surface area contributed by atoms with Gasteiger partial charge >= 0.3 is 0 Å². The van der Waals surface area contributed by atoms with Gasteiger partial charge < -0.3 is 5.32 Å². The van der Waals surface area contributed by atoms with E-state index in [1.165, 1.54) is 0 Å². The first-order valence-electron chi connectivity index (χ1n) is 6.95. The van der Waals surface area contributed by atoms with Gasteiger partial charge in [0, 0.05) is 11.6 Å². The number of hydrogen-bond donors (Lipinski definition) is 1. The maximum atomic E-state index is 12.5. The molecule has 0 aliphatic carbocycles. The Balaban J connectivity index is 1.88. The number of carbonyl (C=O) groups excluding carboxylic acids is 1. The zero-order valence-corrected chi connectivity index (χ0v) is 11.8. The van der Waals surface area contributed by atoms with E-state index in [-0.39, 0.29) is 11.9 Å². The lowest BCUT2D eigenvalue weighted by atomic mass is 10.1. The van der Waals surface area contributed by atoms with Gasteiger partial charge in [0.1, 0.15) is 0 Å². The summed E-state index contributed by atoms with van der Waals surface area (Å²) in [6.45, 7) is 1.98. The molecule has 0 fully saturated rings. The van der Waals surface area contributed by atoms with Gasteiger partial charge in [0.05, 0.1) is 17.1 Å². The SMILES string of the molecule is CC(NC(=O)c1ccnc2ccccc12)c1ccccc1. The molecule has 0 saturated carbocycles. The molecule has 1 atom stereocenters. The van der Waals surface area contributed by atoms with Gasteiger partial charge in [0.25, 0.3) is 5.91 Å². The Morgan fingerprint density at radius 2 is 1.71 bits per heavy atom. The first kappa shape index (κ1) is 13.3. The monoisotopic (exact) mass is 276 g/mol. The molecule has 3 rings (SSSR count). The third-order valence-corrected chi connectivity index (χ3v) is 3.54. The fourth-order valence-electron chi connectivity index (χ4n) is 2.39. The Bertz CT molecular complexity index is 763. The number of nitrogens with zero attached hydrogens (tertiary/aromatic N) is 1. The molecular weight excluding hydrogens is 260 g/mol. The largest absolute Gasteiger partial charge is 0.345 e. The van der Waals surface area contributed by atoms with Crippen molar-refractivity contribution in [2.75, 3.05) is 0 Å². The van der Waals surface area contributed by atoms with Gasteiger partial charge in [-0.25, -0.2) is 0 Å². The van der Waals surface area contributed by atoms with Gasteiger partial charge in [-0.1, -0.05) is 48.5 Å². The Labute approximate surface area is 123 Å². The van der Waals surface area contributed by atoms with Gasteiger partial charge in [-0.05, 0) is 24.6 Å². The summed E-state index contributed by atoms with van der Waals surface area (Å²) in [4.78, 5) is 16.8. The fraction of sp³-hybridized carbons (Fsp3) is 0.111. The number of rotatable bonds is 3. The van der Waals surface area contributed by atoms with Crippen LogP contribution < -0.4 is 5.32 Å². The molecule has 3 aromatic rings. The van der Waals surface area contributed by atoms with E-state index < -0.39 is 0 Å². The maximum Gasteiger partial charge on any atom is 0.252 e. The van der Waals surface area contributed by atoms with Crippen molar-refractivity contribution >= 4 is 16.8 Å². The van der Waals surface area contributed by atoms with Crippen LogP contribution >= 0.6 is 0 Å². The number of amides is 1. The van der Waals surface area contributed by atoms with Gasteiger partial charge in [0.2, 0.25) is 0 Å². The first-order chi connectivity index (χ1) is 10.3. The second kappa shape index (κ2) is 5.75. The Hall–Kier alpha value is -2.68. The van der Waals surface area contributed by atoms with Crippen molar-refractivity contribution in [2.45, 2.75) is 13.0 Å². The molecule has 0 bridgehead atoms. The fourth-order valence-corrected chi connectivity index (χ4v) is 2.39. The zero-order chi connectivity index (χ0) is 14.7. The zero-order valence-electron chi connectivity index (χ0n) is 11.8. The molecule has 0 aliphatic heterocycles. The van der Waals surface area contributed by atoms with E-state index in [9.17, 15) is 4.79 Å². The minimum absolute atomic E-state index is 0.0365. The lowest BCUT2D eigenvalue weighted by Gasteiger charge is -2.15. The summed E-state index contributed by atoms with van der Waals surface area (Å²) in [6, 6.07) is 19.3. The molecule has 21 heavy (non-hydrogen) atoms. The first-order valence-corrected chi connectivity index (χ1v) is 6.95. The van der Waals surface area contributed by atoms with Crippen molar-refractivity contribution in [1.29, 1.82) is 0 Å². The van der Waals surface area contributed by atoms with Crippen LogP contribution in [0.25, 0.3) is 10.9 Å². The maximum absolute atomic E-state index is 12.5. The highest BCUT2D eigenvalue weighted by Gasteiger charge is 2.13. The molecule has 0 radical (unpaired) electrons. The third-order valence-electron chi connectivity index (χ3n) is 3.54. The summed E-state index contributed by atoms with van der Waals surface area (Å²) < 4.78 is 0. The molecule has 2 aromatic carbocycles. The van der Waals surface area contributed by atoms with Crippen LogP contribution in [0.4, 0.5) is 0 Å². The Morgan fingerprint density at radius 1 is 1.00 bits per heavy atom. The van der Waals surface area contributed by atoms with Crippen LogP contribution in [0.1, 0.15) is 28.9 Å².